The highest BCUT2D eigenvalue weighted by Crippen LogP contribution is 2.07. The SMILES string of the molecule is O=C(N/N=C\c1ccc(I)o1)c1ccncc1. The van der Waals surface area contributed by atoms with Crippen molar-refractivity contribution in [3.8, 4) is 0 Å². The van der Waals surface area contributed by atoms with Crippen LogP contribution in [0.25, 0.3) is 0 Å². The standard InChI is InChI=1S/C11H8IN3O2/c12-10-2-1-9(17-10)7-14-15-11(16)8-3-5-13-6-4-8/h1-7H,(H,15,16)/b14-7-. The van der Waals surface area contributed by atoms with E-state index in [2.05, 4.69) is 38.1 Å². The van der Waals surface area contributed by atoms with Crippen LogP contribution in [0.5, 0.6) is 0 Å². The van der Waals surface area contributed by atoms with Crippen molar-refractivity contribution in [1.29, 1.82) is 0 Å². The fraction of sp³-hybridized carbons (Fsp3) is 0. The summed E-state index contributed by atoms with van der Waals surface area (Å²) in [6, 6.07) is 6.80. The molecule has 0 aliphatic rings. The maximum Gasteiger partial charge on any atom is 0.271 e. The quantitative estimate of drug-likeness (QED) is 0.528. The van der Waals surface area contributed by atoms with Gasteiger partial charge in [0.05, 0.1) is 6.21 Å². The number of carbonyl (C=O) groups is 1. The van der Waals surface area contributed by atoms with Gasteiger partial charge in [0.1, 0.15) is 5.76 Å². The van der Waals surface area contributed by atoms with Gasteiger partial charge in [0.25, 0.3) is 5.91 Å². The number of carbonyl (C=O) groups excluding carboxylic acids is 1. The molecule has 0 bridgehead atoms. The van der Waals surface area contributed by atoms with Gasteiger partial charge in [-0.05, 0) is 46.9 Å². The van der Waals surface area contributed by atoms with E-state index in [4.69, 9.17) is 4.42 Å². The van der Waals surface area contributed by atoms with Gasteiger partial charge in [-0.3, -0.25) is 9.78 Å². The van der Waals surface area contributed by atoms with Crippen molar-refractivity contribution >= 4 is 34.7 Å². The van der Waals surface area contributed by atoms with E-state index in [0.717, 1.165) is 3.77 Å². The minimum Gasteiger partial charge on any atom is -0.449 e. The van der Waals surface area contributed by atoms with Gasteiger partial charge in [0.2, 0.25) is 0 Å². The first-order valence-corrected chi connectivity index (χ1v) is 5.82. The monoisotopic (exact) mass is 341 g/mol. The maximum atomic E-state index is 11.6. The lowest BCUT2D eigenvalue weighted by atomic mass is 10.3. The normalized spacial score (nSPS) is 10.6. The Balaban J connectivity index is 1.95. The largest absolute Gasteiger partial charge is 0.449 e. The molecule has 0 spiro atoms. The number of pyridine rings is 1. The van der Waals surface area contributed by atoms with Crippen molar-refractivity contribution in [1.82, 2.24) is 10.4 Å². The van der Waals surface area contributed by atoms with Crippen molar-refractivity contribution in [2.75, 3.05) is 0 Å². The summed E-state index contributed by atoms with van der Waals surface area (Å²) < 4.78 is 6.02. The summed E-state index contributed by atoms with van der Waals surface area (Å²) in [5.41, 5.74) is 2.90. The number of hydrogen-bond donors (Lipinski definition) is 1. The molecule has 0 atom stereocenters. The van der Waals surface area contributed by atoms with Crippen LogP contribution in [0, 0.1) is 3.77 Å². The van der Waals surface area contributed by atoms with Crippen molar-refractivity contribution in [3.05, 3.63) is 51.7 Å². The molecular formula is C11H8IN3O2. The summed E-state index contributed by atoms with van der Waals surface area (Å²) in [5.74, 6) is 0.300. The van der Waals surface area contributed by atoms with Gasteiger partial charge in [0, 0.05) is 18.0 Å². The Morgan fingerprint density at radius 1 is 1.35 bits per heavy atom. The minimum absolute atomic E-state index is 0.287. The lowest BCUT2D eigenvalue weighted by molar-refractivity contribution is 0.0955. The molecule has 0 saturated carbocycles. The van der Waals surface area contributed by atoms with Crippen LogP contribution in [0.2, 0.25) is 0 Å². The van der Waals surface area contributed by atoms with Crippen molar-refractivity contribution < 1.29 is 9.21 Å². The number of nitrogens with zero attached hydrogens (tertiary/aromatic N) is 2. The van der Waals surface area contributed by atoms with Gasteiger partial charge < -0.3 is 4.42 Å². The number of amides is 1. The molecule has 17 heavy (non-hydrogen) atoms. The van der Waals surface area contributed by atoms with Crippen LogP contribution in [-0.4, -0.2) is 17.1 Å². The Labute approximate surface area is 111 Å². The van der Waals surface area contributed by atoms with E-state index < -0.39 is 0 Å². The smallest absolute Gasteiger partial charge is 0.271 e. The number of halogens is 1. The van der Waals surface area contributed by atoms with Gasteiger partial charge >= 0.3 is 0 Å². The second kappa shape index (κ2) is 5.58. The van der Waals surface area contributed by atoms with Crippen LogP contribution in [0.1, 0.15) is 16.1 Å². The molecule has 0 fully saturated rings. The Kier molecular flexibility index (Phi) is 3.86. The molecule has 0 saturated heterocycles. The van der Waals surface area contributed by atoms with Gasteiger partial charge in [0.15, 0.2) is 3.77 Å². The van der Waals surface area contributed by atoms with Crippen LogP contribution >= 0.6 is 22.6 Å². The number of rotatable bonds is 3. The van der Waals surface area contributed by atoms with Crippen LogP contribution in [0.3, 0.4) is 0 Å². The maximum absolute atomic E-state index is 11.6. The summed E-state index contributed by atoms with van der Waals surface area (Å²) >= 11 is 2.05. The van der Waals surface area contributed by atoms with Crippen LogP contribution < -0.4 is 5.43 Å². The van der Waals surface area contributed by atoms with E-state index in [1.165, 1.54) is 6.21 Å². The molecule has 1 N–H and O–H groups in total. The highest BCUT2D eigenvalue weighted by atomic mass is 127. The zero-order chi connectivity index (χ0) is 12.1. The first-order valence-electron chi connectivity index (χ1n) is 4.74. The Morgan fingerprint density at radius 3 is 2.76 bits per heavy atom. The topological polar surface area (TPSA) is 67.5 Å². The first-order chi connectivity index (χ1) is 8.25. The molecule has 0 aliphatic heterocycles. The number of hydrazone groups is 1. The van der Waals surface area contributed by atoms with Gasteiger partial charge in [-0.25, -0.2) is 5.43 Å². The van der Waals surface area contributed by atoms with E-state index in [-0.39, 0.29) is 5.91 Å². The average Bonchev–Trinajstić information content (AvgIpc) is 2.76. The summed E-state index contributed by atoms with van der Waals surface area (Å²) in [4.78, 5) is 15.4. The van der Waals surface area contributed by atoms with Gasteiger partial charge in [-0.1, -0.05) is 0 Å². The van der Waals surface area contributed by atoms with Crippen LogP contribution in [-0.2, 0) is 0 Å². The molecule has 6 heteroatoms. The molecule has 86 valence electrons. The average molecular weight is 341 g/mol. The van der Waals surface area contributed by atoms with Crippen molar-refractivity contribution in [3.63, 3.8) is 0 Å². The predicted octanol–water partition coefficient (Wildman–Crippen LogP) is 2.04. The van der Waals surface area contributed by atoms with E-state index in [1.807, 2.05) is 6.07 Å². The summed E-state index contributed by atoms with van der Waals surface area (Å²) in [6.07, 6.45) is 4.54. The molecule has 2 heterocycles. The van der Waals surface area contributed by atoms with Crippen molar-refractivity contribution in [2.24, 2.45) is 5.10 Å². The first kappa shape index (κ1) is 11.8. The fourth-order valence-electron chi connectivity index (χ4n) is 1.12. The van der Waals surface area contributed by atoms with Crippen LogP contribution in [0.4, 0.5) is 0 Å². The number of aromatic nitrogens is 1. The number of hydrogen-bond acceptors (Lipinski definition) is 4. The number of nitrogens with one attached hydrogen (secondary N) is 1. The molecular weight excluding hydrogens is 333 g/mol. The number of furan rings is 1. The second-order valence-corrected chi connectivity index (χ2v) is 4.14. The molecule has 0 unspecified atom stereocenters. The Hall–Kier alpha value is -1.70. The molecule has 0 radical (unpaired) electrons. The van der Waals surface area contributed by atoms with Gasteiger partial charge in [-0.15, -0.1) is 0 Å². The zero-order valence-corrected chi connectivity index (χ0v) is 10.8. The highest BCUT2D eigenvalue weighted by Gasteiger charge is 2.02. The molecule has 5 nitrogen and oxygen atoms in total. The van der Waals surface area contributed by atoms with E-state index in [0.29, 0.717) is 11.3 Å². The molecule has 2 rings (SSSR count). The zero-order valence-electron chi connectivity index (χ0n) is 8.63. The Bertz CT molecular complexity index is 537. The van der Waals surface area contributed by atoms with Gasteiger partial charge in [-0.2, -0.15) is 5.10 Å². The highest BCUT2D eigenvalue weighted by molar-refractivity contribution is 14.1. The second-order valence-electron chi connectivity index (χ2n) is 3.08. The lowest BCUT2D eigenvalue weighted by Crippen LogP contribution is -2.17. The van der Waals surface area contributed by atoms with Crippen molar-refractivity contribution in [2.45, 2.75) is 0 Å². The molecule has 0 aromatic carbocycles. The summed E-state index contributed by atoms with van der Waals surface area (Å²) in [7, 11) is 0. The third-order valence-electron chi connectivity index (χ3n) is 1.89. The lowest BCUT2D eigenvalue weighted by Gasteiger charge is -1.97. The predicted molar refractivity (Wildman–Crippen MR) is 70.7 cm³/mol. The third kappa shape index (κ3) is 3.38. The van der Waals surface area contributed by atoms with Crippen LogP contribution in [0.15, 0.2) is 46.2 Å². The molecule has 2 aromatic rings. The third-order valence-corrected chi connectivity index (χ3v) is 2.47. The minimum atomic E-state index is -0.287. The fourth-order valence-corrected chi connectivity index (χ4v) is 1.55. The Morgan fingerprint density at radius 2 is 2.12 bits per heavy atom. The molecule has 1 amide bonds. The van der Waals surface area contributed by atoms with E-state index in [1.54, 1.807) is 30.6 Å². The molecule has 0 aliphatic carbocycles. The van der Waals surface area contributed by atoms with E-state index >= 15 is 0 Å². The summed E-state index contributed by atoms with van der Waals surface area (Å²) in [6.45, 7) is 0. The van der Waals surface area contributed by atoms with E-state index in [9.17, 15) is 4.79 Å². The molecule has 2 aromatic heterocycles. The summed E-state index contributed by atoms with van der Waals surface area (Å²) in [5, 5.41) is 3.79.